The van der Waals surface area contributed by atoms with Gasteiger partial charge in [0.15, 0.2) is 6.10 Å². The van der Waals surface area contributed by atoms with Crippen LogP contribution in [0.2, 0.25) is 5.02 Å². The number of hydrogen-bond donors (Lipinski definition) is 2. The van der Waals surface area contributed by atoms with Crippen molar-refractivity contribution in [3.63, 3.8) is 0 Å². The van der Waals surface area contributed by atoms with Crippen molar-refractivity contribution in [2.24, 2.45) is 5.84 Å². The first-order valence-corrected chi connectivity index (χ1v) is 8.43. The first-order chi connectivity index (χ1) is 11.7. The fourth-order valence-electron chi connectivity index (χ4n) is 2.56. The molecule has 0 spiro atoms. The Morgan fingerprint density at radius 3 is 2.56 bits per heavy atom. The first-order valence-electron chi connectivity index (χ1n) is 8.05. The van der Waals surface area contributed by atoms with E-state index in [0.717, 1.165) is 5.56 Å². The summed E-state index contributed by atoms with van der Waals surface area (Å²) in [6.45, 7) is 5.67. The van der Waals surface area contributed by atoms with Crippen molar-refractivity contribution in [2.45, 2.75) is 44.9 Å². The summed E-state index contributed by atoms with van der Waals surface area (Å²) in [7, 11) is 0. The van der Waals surface area contributed by atoms with E-state index >= 15 is 0 Å². The number of nitrogens with one attached hydrogen (secondary N) is 1. The van der Waals surface area contributed by atoms with Gasteiger partial charge in [-0.1, -0.05) is 23.7 Å². The SMILES string of the molecule is CC(C)(C)OC(=O)N1C[C@H](C(=O)NN)OC[C@@H]1Cc1ccc(Cl)cc1. The van der Waals surface area contributed by atoms with Crippen LogP contribution in [0.1, 0.15) is 26.3 Å². The van der Waals surface area contributed by atoms with Crippen LogP contribution in [0.25, 0.3) is 0 Å². The Kier molecular flexibility index (Phi) is 6.26. The van der Waals surface area contributed by atoms with E-state index in [1.165, 1.54) is 4.90 Å². The highest BCUT2D eigenvalue weighted by Gasteiger charge is 2.37. The molecule has 1 aromatic rings. The largest absolute Gasteiger partial charge is 0.444 e. The maximum Gasteiger partial charge on any atom is 0.410 e. The molecule has 138 valence electrons. The number of rotatable bonds is 3. The number of hydrazine groups is 1. The van der Waals surface area contributed by atoms with Gasteiger partial charge in [0.2, 0.25) is 0 Å². The molecule has 0 bridgehead atoms. The molecule has 2 rings (SSSR count). The van der Waals surface area contributed by atoms with E-state index in [1.54, 1.807) is 32.9 Å². The van der Waals surface area contributed by atoms with Gasteiger partial charge >= 0.3 is 6.09 Å². The molecule has 1 heterocycles. The molecular weight excluding hydrogens is 346 g/mol. The smallest absolute Gasteiger partial charge is 0.410 e. The van der Waals surface area contributed by atoms with Crippen molar-refractivity contribution >= 4 is 23.6 Å². The third kappa shape index (κ3) is 5.59. The van der Waals surface area contributed by atoms with Gasteiger partial charge in [0, 0.05) is 5.02 Å². The van der Waals surface area contributed by atoms with E-state index in [2.05, 4.69) is 5.43 Å². The average Bonchev–Trinajstić information content (AvgIpc) is 2.55. The number of hydrogen-bond acceptors (Lipinski definition) is 5. The topological polar surface area (TPSA) is 93.9 Å². The second-order valence-electron chi connectivity index (χ2n) is 6.95. The second kappa shape index (κ2) is 8.03. The normalized spacial score (nSPS) is 20.9. The van der Waals surface area contributed by atoms with Crippen molar-refractivity contribution < 1.29 is 19.1 Å². The summed E-state index contributed by atoms with van der Waals surface area (Å²) in [5, 5.41) is 0.646. The predicted octanol–water partition coefficient (Wildman–Crippen LogP) is 1.88. The molecule has 1 saturated heterocycles. The van der Waals surface area contributed by atoms with Gasteiger partial charge in [-0.05, 0) is 44.9 Å². The van der Waals surface area contributed by atoms with Crippen LogP contribution >= 0.6 is 11.6 Å². The molecule has 0 radical (unpaired) electrons. The Hall–Kier alpha value is -1.83. The molecule has 7 nitrogen and oxygen atoms in total. The number of carbonyl (C=O) groups is 2. The molecular formula is C17H24ClN3O4. The fraction of sp³-hybridized carbons (Fsp3) is 0.529. The van der Waals surface area contributed by atoms with Crippen LogP contribution in [0.15, 0.2) is 24.3 Å². The zero-order valence-electron chi connectivity index (χ0n) is 14.6. The fourth-order valence-corrected chi connectivity index (χ4v) is 2.68. The van der Waals surface area contributed by atoms with Gasteiger partial charge in [0.05, 0.1) is 19.2 Å². The molecule has 2 amide bonds. The van der Waals surface area contributed by atoms with Gasteiger partial charge in [0.25, 0.3) is 5.91 Å². The number of benzene rings is 1. The molecule has 0 aliphatic carbocycles. The predicted molar refractivity (Wildman–Crippen MR) is 94.0 cm³/mol. The number of halogens is 1. The van der Waals surface area contributed by atoms with Crippen LogP contribution < -0.4 is 11.3 Å². The van der Waals surface area contributed by atoms with E-state index in [0.29, 0.717) is 11.4 Å². The van der Waals surface area contributed by atoms with Gasteiger partial charge in [-0.3, -0.25) is 15.1 Å². The van der Waals surface area contributed by atoms with Gasteiger partial charge in [-0.2, -0.15) is 0 Å². The van der Waals surface area contributed by atoms with Crippen molar-refractivity contribution in [3.8, 4) is 0 Å². The first kappa shape index (κ1) is 19.5. The average molecular weight is 370 g/mol. The van der Waals surface area contributed by atoms with Crippen molar-refractivity contribution in [1.82, 2.24) is 10.3 Å². The number of amides is 2. The summed E-state index contributed by atoms with van der Waals surface area (Å²) in [6, 6.07) is 7.13. The lowest BCUT2D eigenvalue weighted by Gasteiger charge is -2.39. The minimum Gasteiger partial charge on any atom is -0.444 e. The van der Waals surface area contributed by atoms with Crippen LogP contribution in [0.3, 0.4) is 0 Å². The number of carbonyl (C=O) groups excluding carboxylic acids is 2. The highest BCUT2D eigenvalue weighted by atomic mass is 35.5. The van der Waals surface area contributed by atoms with E-state index in [9.17, 15) is 9.59 Å². The Morgan fingerprint density at radius 1 is 1.36 bits per heavy atom. The van der Waals surface area contributed by atoms with Crippen LogP contribution in [0, 0.1) is 0 Å². The van der Waals surface area contributed by atoms with Crippen LogP contribution in [-0.4, -0.2) is 47.8 Å². The Labute approximate surface area is 152 Å². The lowest BCUT2D eigenvalue weighted by Crippen LogP contribution is -2.58. The zero-order valence-corrected chi connectivity index (χ0v) is 15.4. The summed E-state index contributed by atoms with van der Waals surface area (Å²) >= 11 is 5.91. The standard InChI is InChI=1S/C17H24ClN3O4/c1-17(2,3)25-16(23)21-9-14(15(22)20-19)24-10-13(21)8-11-4-6-12(18)7-5-11/h4-7,13-14H,8-10,19H2,1-3H3,(H,20,22)/t13-,14+/m0/s1. The van der Waals surface area contributed by atoms with Crippen LogP contribution in [0.5, 0.6) is 0 Å². The highest BCUT2D eigenvalue weighted by molar-refractivity contribution is 6.30. The molecule has 0 aromatic heterocycles. The molecule has 1 aliphatic rings. The van der Waals surface area contributed by atoms with E-state index in [-0.39, 0.29) is 19.2 Å². The summed E-state index contributed by atoms with van der Waals surface area (Å²) < 4.78 is 11.1. The van der Waals surface area contributed by atoms with Gasteiger partial charge < -0.3 is 9.47 Å². The molecule has 1 aromatic carbocycles. The number of nitrogens with two attached hydrogens (primary N) is 1. The lowest BCUT2D eigenvalue weighted by atomic mass is 10.0. The molecule has 2 atom stereocenters. The van der Waals surface area contributed by atoms with E-state index < -0.39 is 23.7 Å². The zero-order chi connectivity index (χ0) is 18.6. The number of morpholine rings is 1. The third-order valence-corrected chi connectivity index (χ3v) is 3.99. The molecule has 3 N–H and O–H groups in total. The molecule has 8 heteroatoms. The van der Waals surface area contributed by atoms with Gasteiger partial charge in [-0.25, -0.2) is 10.6 Å². The minimum atomic E-state index is -0.820. The maximum atomic E-state index is 12.6. The molecule has 1 fully saturated rings. The minimum absolute atomic E-state index is 0.0796. The maximum absolute atomic E-state index is 12.6. The van der Waals surface area contributed by atoms with Gasteiger partial charge in [0.1, 0.15) is 5.60 Å². The molecule has 25 heavy (non-hydrogen) atoms. The summed E-state index contributed by atoms with van der Waals surface area (Å²) in [5.74, 6) is 4.70. The van der Waals surface area contributed by atoms with Crippen LogP contribution in [0.4, 0.5) is 4.79 Å². The number of ether oxygens (including phenoxy) is 2. The quantitative estimate of drug-likeness (QED) is 0.482. The number of nitrogens with zero attached hydrogens (tertiary/aromatic N) is 1. The Morgan fingerprint density at radius 2 is 2.00 bits per heavy atom. The van der Waals surface area contributed by atoms with Crippen molar-refractivity contribution in [2.75, 3.05) is 13.2 Å². The van der Waals surface area contributed by atoms with Crippen LogP contribution in [-0.2, 0) is 20.7 Å². The highest BCUT2D eigenvalue weighted by Crippen LogP contribution is 2.21. The monoisotopic (exact) mass is 369 g/mol. The van der Waals surface area contributed by atoms with E-state index in [1.807, 2.05) is 12.1 Å². The summed E-state index contributed by atoms with van der Waals surface area (Å²) in [6.07, 6.45) is -0.739. The third-order valence-electron chi connectivity index (χ3n) is 3.74. The Bertz CT molecular complexity index is 615. The molecule has 0 saturated carbocycles. The summed E-state index contributed by atoms with van der Waals surface area (Å²) in [5.41, 5.74) is 2.43. The van der Waals surface area contributed by atoms with Crippen molar-refractivity contribution in [3.05, 3.63) is 34.9 Å². The second-order valence-corrected chi connectivity index (χ2v) is 7.38. The molecule has 0 unspecified atom stereocenters. The van der Waals surface area contributed by atoms with E-state index in [4.69, 9.17) is 26.9 Å². The summed E-state index contributed by atoms with van der Waals surface area (Å²) in [4.78, 5) is 25.9. The Balaban J connectivity index is 2.15. The van der Waals surface area contributed by atoms with Crippen molar-refractivity contribution in [1.29, 1.82) is 0 Å². The molecule has 1 aliphatic heterocycles. The van der Waals surface area contributed by atoms with Gasteiger partial charge in [-0.15, -0.1) is 0 Å². The lowest BCUT2D eigenvalue weighted by molar-refractivity contribution is -0.141.